The van der Waals surface area contributed by atoms with Crippen LogP contribution in [-0.4, -0.2) is 25.6 Å². The van der Waals surface area contributed by atoms with Crippen molar-refractivity contribution in [1.82, 2.24) is 10.6 Å². The molecule has 2 atom stereocenters. The van der Waals surface area contributed by atoms with Crippen LogP contribution in [0.3, 0.4) is 0 Å². The van der Waals surface area contributed by atoms with Crippen LogP contribution in [0.1, 0.15) is 51.9 Å². The van der Waals surface area contributed by atoms with E-state index < -0.39 is 0 Å². The lowest BCUT2D eigenvalue weighted by molar-refractivity contribution is 0.315. The van der Waals surface area contributed by atoms with Crippen LogP contribution in [-0.2, 0) is 0 Å². The molecule has 2 saturated carbocycles. The molecule has 2 unspecified atom stereocenters. The molecule has 2 fully saturated rings. The Hall–Kier alpha value is 0. The number of halogens is 1. The van der Waals surface area contributed by atoms with Crippen LogP contribution >= 0.6 is 24.0 Å². The summed E-state index contributed by atoms with van der Waals surface area (Å²) in [5.74, 6) is 2.91. The smallest absolute Gasteiger partial charge is 0.191 e. The Kier molecular flexibility index (Phi) is 7.34. The summed E-state index contributed by atoms with van der Waals surface area (Å²) in [6.07, 6.45) is 9.80. The maximum atomic E-state index is 4.28. The number of nitrogens with one attached hydrogen (secondary N) is 2. The average molecular weight is 365 g/mol. The van der Waals surface area contributed by atoms with E-state index in [1.165, 1.54) is 38.5 Å². The Labute approximate surface area is 129 Å². The first kappa shape index (κ1) is 16.1. The van der Waals surface area contributed by atoms with Gasteiger partial charge < -0.3 is 10.6 Å². The van der Waals surface area contributed by atoms with Gasteiger partial charge in [0.05, 0.1) is 0 Å². The lowest BCUT2D eigenvalue weighted by Crippen LogP contribution is -2.39. The second kappa shape index (κ2) is 8.23. The third kappa shape index (κ3) is 4.59. The molecule has 4 heteroatoms. The highest BCUT2D eigenvalue weighted by atomic mass is 127. The maximum Gasteiger partial charge on any atom is 0.191 e. The van der Waals surface area contributed by atoms with E-state index in [2.05, 4.69) is 22.5 Å². The maximum absolute atomic E-state index is 4.28. The van der Waals surface area contributed by atoms with E-state index in [0.29, 0.717) is 6.04 Å². The van der Waals surface area contributed by atoms with Crippen LogP contribution < -0.4 is 10.6 Å². The molecule has 0 bridgehead atoms. The second-order valence-electron chi connectivity index (χ2n) is 5.55. The molecule has 0 heterocycles. The van der Waals surface area contributed by atoms with E-state index in [1.54, 1.807) is 0 Å². The van der Waals surface area contributed by atoms with Crippen LogP contribution in [0, 0.1) is 11.8 Å². The third-order valence-corrected chi connectivity index (χ3v) is 4.18. The van der Waals surface area contributed by atoms with Gasteiger partial charge in [-0.05, 0) is 24.7 Å². The molecular weight excluding hydrogens is 337 g/mol. The van der Waals surface area contributed by atoms with Gasteiger partial charge in [0, 0.05) is 19.6 Å². The molecule has 2 aliphatic carbocycles. The largest absolute Gasteiger partial charge is 0.356 e. The summed E-state index contributed by atoms with van der Waals surface area (Å²) in [6, 6.07) is 0.696. The minimum Gasteiger partial charge on any atom is -0.356 e. The van der Waals surface area contributed by atoms with Crippen molar-refractivity contribution in [3.05, 3.63) is 0 Å². The summed E-state index contributed by atoms with van der Waals surface area (Å²) in [7, 11) is 1.86. The first-order valence-corrected chi connectivity index (χ1v) is 7.32. The monoisotopic (exact) mass is 365 g/mol. The number of hydrogen-bond donors (Lipinski definition) is 2. The van der Waals surface area contributed by atoms with Gasteiger partial charge in [0.2, 0.25) is 0 Å². The predicted molar refractivity (Wildman–Crippen MR) is 88.7 cm³/mol. The quantitative estimate of drug-likeness (QED) is 0.456. The molecule has 0 radical (unpaired) electrons. The lowest BCUT2D eigenvalue weighted by atomic mass is 9.85. The van der Waals surface area contributed by atoms with Crippen molar-refractivity contribution < 1.29 is 0 Å². The van der Waals surface area contributed by atoms with Gasteiger partial charge in [-0.3, -0.25) is 4.99 Å². The van der Waals surface area contributed by atoms with E-state index in [0.717, 1.165) is 30.8 Å². The van der Waals surface area contributed by atoms with Gasteiger partial charge in [-0.1, -0.05) is 39.0 Å². The first-order valence-electron chi connectivity index (χ1n) is 7.32. The van der Waals surface area contributed by atoms with Crippen molar-refractivity contribution in [3.63, 3.8) is 0 Å². The molecule has 2 N–H and O–H groups in total. The minimum atomic E-state index is 0. The molecule has 0 aromatic heterocycles. The lowest BCUT2D eigenvalue weighted by Gasteiger charge is -2.22. The first-order chi connectivity index (χ1) is 8.35. The fraction of sp³-hybridized carbons (Fsp3) is 0.929. The Balaban J connectivity index is 0.00000162. The van der Waals surface area contributed by atoms with E-state index in [4.69, 9.17) is 0 Å². The standard InChI is InChI=1S/C14H27N3.HI/c1-3-9-16-14(15-2)17-13-10-12(13)11-7-5-4-6-8-11;/h11-13H,3-10H2,1-2H3,(H2,15,16,17);1H. The third-order valence-electron chi connectivity index (χ3n) is 4.18. The van der Waals surface area contributed by atoms with Gasteiger partial charge in [0.1, 0.15) is 0 Å². The van der Waals surface area contributed by atoms with Gasteiger partial charge in [0.25, 0.3) is 0 Å². The van der Waals surface area contributed by atoms with Crippen LogP contribution in [0.25, 0.3) is 0 Å². The second-order valence-corrected chi connectivity index (χ2v) is 5.55. The van der Waals surface area contributed by atoms with E-state index in [-0.39, 0.29) is 24.0 Å². The van der Waals surface area contributed by atoms with Crippen molar-refractivity contribution >= 4 is 29.9 Å². The molecule has 0 spiro atoms. The Morgan fingerprint density at radius 3 is 2.56 bits per heavy atom. The Morgan fingerprint density at radius 2 is 1.94 bits per heavy atom. The zero-order valence-electron chi connectivity index (χ0n) is 11.7. The molecule has 0 aromatic carbocycles. The van der Waals surface area contributed by atoms with E-state index >= 15 is 0 Å². The predicted octanol–water partition coefficient (Wildman–Crippen LogP) is 3.15. The summed E-state index contributed by atoms with van der Waals surface area (Å²) in [5.41, 5.74) is 0. The minimum absolute atomic E-state index is 0. The van der Waals surface area contributed by atoms with Gasteiger partial charge in [-0.25, -0.2) is 0 Å². The average Bonchev–Trinajstić information content (AvgIpc) is 3.15. The van der Waals surface area contributed by atoms with Crippen molar-refractivity contribution in [2.45, 2.75) is 57.9 Å². The topological polar surface area (TPSA) is 36.4 Å². The van der Waals surface area contributed by atoms with E-state index in [1.807, 2.05) is 7.05 Å². The molecule has 106 valence electrons. The normalized spacial score (nSPS) is 28.4. The van der Waals surface area contributed by atoms with Crippen LogP contribution in [0.4, 0.5) is 0 Å². The number of nitrogens with zero attached hydrogens (tertiary/aromatic N) is 1. The number of aliphatic imine (C=N–C) groups is 1. The molecule has 0 saturated heterocycles. The van der Waals surface area contributed by atoms with Crippen molar-refractivity contribution in [1.29, 1.82) is 0 Å². The summed E-state index contributed by atoms with van der Waals surface area (Å²) in [5, 5.41) is 6.91. The van der Waals surface area contributed by atoms with E-state index in [9.17, 15) is 0 Å². The molecule has 2 aliphatic rings. The highest BCUT2D eigenvalue weighted by Gasteiger charge is 2.43. The number of hydrogen-bond acceptors (Lipinski definition) is 1. The van der Waals surface area contributed by atoms with Crippen LogP contribution in [0.2, 0.25) is 0 Å². The van der Waals surface area contributed by atoms with Crippen molar-refractivity contribution in [3.8, 4) is 0 Å². The molecule has 18 heavy (non-hydrogen) atoms. The van der Waals surface area contributed by atoms with Gasteiger partial charge in [-0.15, -0.1) is 24.0 Å². The van der Waals surface area contributed by atoms with Crippen molar-refractivity contribution in [2.24, 2.45) is 16.8 Å². The Morgan fingerprint density at radius 1 is 1.22 bits per heavy atom. The molecular formula is C14H28IN3. The zero-order valence-corrected chi connectivity index (χ0v) is 14.1. The molecule has 0 aliphatic heterocycles. The number of guanidine groups is 1. The fourth-order valence-electron chi connectivity index (χ4n) is 3.08. The summed E-state index contributed by atoms with van der Waals surface area (Å²) < 4.78 is 0. The summed E-state index contributed by atoms with van der Waals surface area (Å²) in [4.78, 5) is 4.28. The molecule has 2 rings (SSSR count). The SMILES string of the molecule is CCCNC(=NC)NC1CC1C1CCCCC1.I. The van der Waals surface area contributed by atoms with Gasteiger partial charge in [0.15, 0.2) is 5.96 Å². The molecule has 3 nitrogen and oxygen atoms in total. The highest BCUT2D eigenvalue weighted by Crippen LogP contribution is 2.44. The molecule has 0 amide bonds. The van der Waals surface area contributed by atoms with Gasteiger partial charge in [-0.2, -0.15) is 0 Å². The Bertz CT molecular complexity index is 262. The summed E-state index contributed by atoms with van der Waals surface area (Å²) in [6.45, 7) is 3.20. The summed E-state index contributed by atoms with van der Waals surface area (Å²) >= 11 is 0. The molecule has 0 aromatic rings. The number of rotatable bonds is 4. The van der Waals surface area contributed by atoms with Gasteiger partial charge >= 0.3 is 0 Å². The highest BCUT2D eigenvalue weighted by molar-refractivity contribution is 14.0. The van der Waals surface area contributed by atoms with Crippen molar-refractivity contribution in [2.75, 3.05) is 13.6 Å². The van der Waals surface area contributed by atoms with Crippen LogP contribution in [0.15, 0.2) is 4.99 Å². The fourth-order valence-corrected chi connectivity index (χ4v) is 3.08. The zero-order chi connectivity index (χ0) is 12.1. The van der Waals surface area contributed by atoms with Crippen LogP contribution in [0.5, 0.6) is 0 Å².